The first-order valence-corrected chi connectivity index (χ1v) is 7.27. The maximum Gasteiger partial charge on any atom is 0.231 e. The van der Waals surface area contributed by atoms with Crippen molar-refractivity contribution in [1.29, 1.82) is 0 Å². The minimum atomic E-state index is -0.364. The first-order chi connectivity index (χ1) is 10.7. The van der Waals surface area contributed by atoms with Crippen LogP contribution < -0.4 is 19.7 Å². The van der Waals surface area contributed by atoms with E-state index in [0.29, 0.717) is 36.7 Å². The summed E-state index contributed by atoms with van der Waals surface area (Å²) in [5.74, 6) is 0.678. The second-order valence-corrected chi connectivity index (χ2v) is 5.31. The molecule has 0 spiro atoms. The van der Waals surface area contributed by atoms with Gasteiger partial charge < -0.3 is 24.8 Å². The number of rotatable bonds is 5. The minimum absolute atomic E-state index is 0.0349. The Labute approximate surface area is 127 Å². The number of aliphatic hydroxyl groups excluding tert-OH is 1. The summed E-state index contributed by atoms with van der Waals surface area (Å²) in [4.78, 5) is 25.8. The van der Waals surface area contributed by atoms with Gasteiger partial charge in [0.05, 0.1) is 5.92 Å². The Morgan fingerprint density at radius 1 is 1.36 bits per heavy atom. The Morgan fingerprint density at radius 3 is 3.00 bits per heavy atom. The lowest BCUT2D eigenvalue weighted by Crippen LogP contribution is -2.33. The number of hydrogen-bond acceptors (Lipinski definition) is 5. The molecule has 1 fully saturated rings. The van der Waals surface area contributed by atoms with Crippen molar-refractivity contribution in [3.8, 4) is 11.5 Å². The molecule has 0 aromatic heterocycles. The van der Waals surface area contributed by atoms with Crippen LogP contribution in [0.15, 0.2) is 18.2 Å². The van der Waals surface area contributed by atoms with E-state index in [-0.39, 0.29) is 37.6 Å². The number of amides is 2. The van der Waals surface area contributed by atoms with Crippen LogP contribution in [0.3, 0.4) is 0 Å². The van der Waals surface area contributed by atoms with Gasteiger partial charge >= 0.3 is 0 Å². The smallest absolute Gasteiger partial charge is 0.231 e. The van der Waals surface area contributed by atoms with Gasteiger partial charge in [-0.1, -0.05) is 0 Å². The van der Waals surface area contributed by atoms with Crippen molar-refractivity contribution < 1.29 is 24.2 Å². The first kappa shape index (κ1) is 14.6. The van der Waals surface area contributed by atoms with Crippen molar-refractivity contribution in [1.82, 2.24) is 5.32 Å². The zero-order valence-electron chi connectivity index (χ0n) is 12.1. The fourth-order valence-electron chi connectivity index (χ4n) is 2.62. The third-order valence-electron chi connectivity index (χ3n) is 3.80. The summed E-state index contributed by atoms with van der Waals surface area (Å²) in [7, 11) is 0. The molecule has 7 nitrogen and oxygen atoms in total. The molecule has 0 saturated carbocycles. The van der Waals surface area contributed by atoms with Gasteiger partial charge in [0.15, 0.2) is 11.5 Å². The van der Waals surface area contributed by atoms with Gasteiger partial charge in [0, 0.05) is 37.9 Å². The van der Waals surface area contributed by atoms with Crippen molar-refractivity contribution in [2.75, 3.05) is 31.4 Å². The lowest BCUT2D eigenvalue weighted by atomic mass is 10.1. The highest BCUT2D eigenvalue weighted by molar-refractivity contribution is 6.00. The number of carbonyl (C=O) groups is 2. The van der Waals surface area contributed by atoms with Crippen LogP contribution in [0.2, 0.25) is 0 Å². The minimum Gasteiger partial charge on any atom is -0.454 e. The van der Waals surface area contributed by atoms with Crippen molar-refractivity contribution >= 4 is 17.5 Å². The topological polar surface area (TPSA) is 88.1 Å². The molecule has 0 aliphatic carbocycles. The Hall–Kier alpha value is -2.28. The molecule has 2 N–H and O–H groups in total. The number of benzene rings is 1. The van der Waals surface area contributed by atoms with Crippen molar-refractivity contribution in [3.05, 3.63) is 18.2 Å². The first-order valence-electron chi connectivity index (χ1n) is 7.27. The number of aliphatic hydroxyl groups is 1. The van der Waals surface area contributed by atoms with Crippen molar-refractivity contribution in [3.63, 3.8) is 0 Å². The SMILES string of the molecule is O=C(NCCCO)C1CC(=O)N(c2ccc3c(c2)OCO3)C1. The Balaban J connectivity index is 1.66. The van der Waals surface area contributed by atoms with Crippen LogP contribution in [-0.4, -0.2) is 43.4 Å². The van der Waals surface area contributed by atoms with Crippen molar-refractivity contribution in [2.45, 2.75) is 12.8 Å². The van der Waals surface area contributed by atoms with E-state index in [0.717, 1.165) is 0 Å². The molecule has 2 amide bonds. The normalized spacial score (nSPS) is 19.6. The molecule has 2 heterocycles. The highest BCUT2D eigenvalue weighted by atomic mass is 16.7. The number of nitrogens with zero attached hydrogens (tertiary/aromatic N) is 1. The Bertz CT molecular complexity index is 589. The third-order valence-corrected chi connectivity index (χ3v) is 3.80. The predicted octanol–water partition coefficient (Wildman–Crippen LogP) is 0.267. The lowest BCUT2D eigenvalue weighted by Gasteiger charge is -2.17. The van der Waals surface area contributed by atoms with E-state index in [1.165, 1.54) is 0 Å². The van der Waals surface area contributed by atoms with Crippen LogP contribution in [0.25, 0.3) is 0 Å². The van der Waals surface area contributed by atoms with Crippen LogP contribution >= 0.6 is 0 Å². The zero-order chi connectivity index (χ0) is 15.5. The molecule has 3 rings (SSSR count). The molecule has 2 aliphatic rings. The second kappa shape index (κ2) is 6.23. The maximum absolute atomic E-state index is 12.2. The van der Waals surface area contributed by atoms with E-state index < -0.39 is 0 Å². The largest absolute Gasteiger partial charge is 0.454 e. The molecule has 118 valence electrons. The van der Waals surface area contributed by atoms with E-state index in [1.807, 2.05) is 0 Å². The molecule has 0 bridgehead atoms. The second-order valence-electron chi connectivity index (χ2n) is 5.31. The van der Waals surface area contributed by atoms with Crippen LogP contribution in [0.5, 0.6) is 11.5 Å². The molecule has 2 aliphatic heterocycles. The van der Waals surface area contributed by atoms with Crippen LogP contribution in [0.4, 0.5) is 5.69 Å². The maximum atomic E-state index is 12.2. The number of ether oxygens (including phenoxy) is 2. The summed E-state index contributed by atoms with van der Waals surface area (Å²) in [5.41, 5.74) is 0.708. The fourth-order valence-corrected chi connectivity index (χ4v) is 2.62. The molecule has 7 heteroatoms. The van der Waals surface area contributed by atoms with Gasteiger partial charge in [-0.05, 0) is 18.6 Å². The molecule has 0 radical (unpaired) electrons. The summed E-state index contributed by atoms with van der Waals surface area (Å²) in [6.45, 7) is 0.989. The van der Waals surface area contributed by atoms with Gasteiger partial charge in [0.25, 0.3) is 0 Å². The molecule has 22 heavy (non-hydrogen) atoms. The van der Waals surface area contributed by atoms with E-state index >= 15 is 0 Å². The molecule has 1 aromatic rings. The Kier molecular flexibility index (Phi) is 4.15. The summed E-state index contributed by atoms with van der Waals surface area (Å²) in [6.07, 6.45) is 0.706. The average Bonchev–Trinajstić information content (AvgIpc) is 3.12. The fraction of sp³-hybridized carbons (Fsp3) is 0.467. The molecule has 1 aromatic carbocycles. The number of nitrogens with one attached hydrogen (secondary N) is 1. The summed E-state index contributed by atoms with van der Waals surface area (Å²) in [5, 5.41) is 11.5. The quantitative estimate of drug-likeness (QED) is 0.762. The van der Waals surface area contributed by atoms with E-state index in [9.17, 15) is 9.59 Å². The standard InChI is InChI=1S/C15H18N2O5/c18-5-1-4-16-15(20)10-6-14(19)17(8-10)11-2-3-12-13(7-11)22-9-21-12/h2-3,7,10,18H,1,4-6,8-9H2,(H,16,20). The number of carbonyl (C=O) groups excluding carboxylic acids is 2. The predicted molar refractivity (Wildman–Crippen MR) is 77.7 cm³/mol. The summed E-state index contributed by atoms with van der Waals surface area (Å²) >= 11 is 0. The zero-order valence-corrected chi connectivity index (χ0v) is 12.1. The van der Waals surface area contributed by atoms with Gasteiger partial charge in [0.1, 0.15) is 0 Å². The van der Waals surface area contributed by atoms with Crippen molar-refractivity contribution in [2.24, 2.45) is 5.92 Å². The number of anilines is 1. The van der Waals surface area contributed by atoms with Crippen LogP contribution in [0, 0.1) is 5.92 Å². The van der Waals surface area contributed by atoms with E-state index in [1.54, 1.807) is 23.1 Å². The average molecular weight is 306 g/mol. The summed E-state index contributed by atoms with van der Waals surface area (Å²) in [6, 6.07) is 5.31. The highest BCUT2D eigenvalue weighted by Gasteiger charge is 2.35. The number of hydrogen-bond donors (Lipinski definition) is 2. The molecule has 1 unspecified atom stereocenters. The molecular formula is C15H18N2O5. The van der Waals surface area contributed by atoms with E-state index in [2.05, 4.69) is 5.32 Å². The summed E-state index contributed by atoms with van der Waals surface area (Å²) < 4.78 is 10.6. The molecule has 1 saturated heterocycles. The van der Waals surface area contributed by atoms with Gasteiger partial charge in [-0.25, -0.2) is 0 Å². The monoisotopic (exact) mass is 306 g/mol. The van der Waals surface area contributed by atoms with Gasteiger partial charge in [-0.2, -0.15) is 0 Å². The van der Waals surface area contributed by atoms with E-state index in [4.69, 9.17) is 14.6 Å². The molecular weight excluding hydrogens is 288 g/mol. The Morgan fingerprint density at radius 2 is 2.18 bits per heavy atom. The third kappa shape index (κ3) is 2.85. The van der Waals surface area contributed by atoms with Gasteiger partial charge in [-0.3, -0.25) is 9.59 Å². The number of fused-ring (bicyclic) bond motifs is 1. The van der Waals surface area contributed by atoms with Crippen LogP contribution in [0.1, 0.15) is 12.8 Å². The van der Waals surface area contributed by atoms with Crippen LogP contribution in [-0.2, 0) is 9.59 Å². The highest BCUT2D eigenvalue weighted by Crippen LogP contribution is 2.37. The van der Waals surface area contributed by atoms with Gasteiger partial charge in [-0.15, -0.1) is 0 Å². The lowest BCUT2D eigenvalue weighted by molar-refractivity contribution is -0.126. The van der Waals surface area contributed by atoms with Gasteiger partial charge in [0.2, 0.25) is 18.6 Å². The molecule has 1 atom stereocenters.